The van der Waals surface area contributed by atoms with Gasteiger partial charge in [0.1, 0.15) is 0 Å². The van der Waals surface area contributed by atoms with Gasteiger partial charge in [0.15, 0.2) is 0 Å². The molecule has 0 saturated heterocycles. The van der Waals surface area contributed by atoms with Crippen molar-refractivity contribution in [3.05, 3.63) is 54.2 Å². The molecule has 2 heterocycles. The summed E-state index contributed by atoms with van der Waals surface area (Å²) in [6.45, 7) is 2.07. The number of rotatable bonds is 0. The topological polar surface area (TPSA) is 28.7 Å². The van der Waals surface area contributed by atoms with Gasteiger partial charge in [-0.15, -0.1) is 0 Å². The number of aryl methyl sites for hydroxylation is 1. The second kappa shape index (κ2) is 3.33. The van der Waals surface area contributed by atoms with Gasteiger partial charge in [-0.25, -0.2) is 4.98 Å². The molecule has 0 radical (unpaired) electrons. The molecular formula is C16H12N2. The SMILES string of the molecule is Cc1ccc2c(ccc3nc4ccccc4c32)[nH]1. The van der Waals surface area contributed by atoms with Gasteiger partial charge in [0.25, 0.3) is 0 Å². The Balaban J connectivity index is 2.32. The van der Waals surface area contributed by atoms with Crippen LogP contribution in [0.3, 0.4) is 0 Å². The van der Waals surface area contributed by atoms with Crippen molar-refractivity contribution in [2.45, 2.75) is 6.92 Å². The van der Waals surface area contributed by atoms with Crippen molar-refractivity contribution >= 4 is 32.7 Å². The van der Waals surface area contributed by atoms with E-state index in [4.69, 9.17) is 0 Å². The lowest BCUT2D eigenvalue weighted by Crippen LogP contribution is -1.83. The molecule has 4 aromatic rings. The predicted octanol–water partition coefficient (Wildman–Crippen LogP) is 4.18. The summed E-state index contributed by atoms with van der Waals surface area (Å²) in [5.74, 6) is 0. The number of nitrogens with one attached hydrogen (secondary N) is 1. The normalized spacial score (nSPS) is 11.6. The molecule has 86 valence electrons. The number of hydrogen-bond donors (Lipinski definition) is 1. The van der Waals surface area contributed by atoms with Gasteiger partial charge in [0.05, 0.1) is 11.0 Å². The third kappa shape index (κ3) is 1.20. The average molecular weight is 232 g/mol. The second-order valence-electron chi connectivity index (χ2n) is 4.69. The van der Waals surface area contributed by atoms with E-state index in [9.17, 15) is 0 Å². The van der Waals surface area contributed by atoms with Crippen molar-refractivity contribution in [2.75, 3.05) is 0 Å². The highest BCUT2D eigenvalue weighted by atomic mass is 14.7. The maximum atomic E-state index is 4.67. The molecule has 0 bridgehead atoms. The molecule has 0 aliphatic heterocycles. The number of benzene rings is 2. The molecule has 2 aromatic heterocycles. The molecule has 2 heteroatoms. The summed E-state index contributed by atoms with van der Waals surface area (Å²) in [6, 6.07) is 16.8. The van der Waals surface area contributed by atoms with Crippen LogP contribution >= 0.6 is 0 Å². The molecule has 18 heavy (non-hydrogen) atoms. The van der Waals surface area contributed by atoms with Crippen LogP contribution in [0.4, 0.5) is 0 Å². The molecule has 1 N–H and O–H groups in total. The maximum Gasteiger partial charge on any atom is 0.0723 e. The third-order valence-electron chi connectivity index (χ3n) is 3.47. The number of nitrogens with zero attached hydrogens (tertiary/aromatic N) is 1. The fraction of sp³-hybridized carbons (Fsp3) is 0.0625. The van der Waals surface area contributed by atoms with Crippen molar-refractivity contribution in [3.63, 3.8) is 0 Å². The highest BCUT2D eigenvalue weighted by Gasteiger charge is 2.08. The first-order chi connectivity index (χ1) is 8.83. The Bertz CT molecular complexity index is 887. The van der Waals surface area contributed by atoms with Crippen molar-refractivity contribution < 1.29 is 0 Å². The van der Waals surface area contributed by atoms with Gasteiger partial charge in [-0.1, -0.05) is 24.3 Å². The minimum atomic E-state index is 1.07. The number of hydrogen-bond acceptors (Lipinski definition) is 1. The molecule has 0 unspecified atom stereocenters. The molecule has 2 nitrogen and oxygen atoms in total. The van der Waals surface area contributed by atoms with E-state index in [0.717, 1.165) is 11.0 Å². The molecular weight excluding hydrogens is 220 g/mol. The Morgan fingerprint density at radius 2 is 1.72 bits per heavy atom. The zero-order valence-corrected chi connectivity index (χ0v) is 10.1. The first-order valence-electron chi connectivity index (χ1n) is 6.10. The average Bonchev–Trinajstić information content (AvgIpc) is 2.77. The monoisotopic (exact) mass is 232 g/mol. The first-order valence-corrected chi connectivity index (χ1v) is 6.10. The van der Waals surface area contributed by atoms with Crippen molar-refractivity contribution in [2.24, 2.45) is 0 Å². The van der Waals surface area contributed by atoms with Crippen molar-refractivity contribution in [3.8, 4) is 0 Å². The third-order valence-corrected chi connectivity index (χ3v) is 3.47. The van der Waals surface area contributed by atoms with Crippen LogP contribution in [-0.4, -0.2) is 9.97 Å². The van der Waals surface area contributed by atoms with E-state index in [1.165, 1.54) is 27.4 Å². The molecule has 0 saturated carbocycles. The number of aromatic amines is 1. The zero-order valence-electron chi connectivity index (χ0n) is 10.1. The molecule has 0 spiro atoms. The Morgan fingerprint density at radius 1 is 0.833 bits per heavy atom. The summed E-state index contributed by atoms with van der Waals surface area (Å²) in [5.41, 5.74) is 4.48. The molecule has 2 aromatic carbocycles. The molecule has 0 amide bonds. The highest BCUT2D eigenvalue weighted by Crippen LogP contribution is 2.31. The Morgan fingerprint density at radius 3 is 2.67 bits per heavy atom. The quantitative estimate of drug-likeness (QED) is 0.484. The van der Waals surface area contributed by atoms with Gasteiger partial charge < -0.3 is 4.98 Å². The van der Waals surface area contributed by atoms with Crippen LogP contribution in [0.15, 0.2) is 48.5 Å². The fourth-order valence-electron chi connectivity index (χ4n) is 2.64. The van der Waals surface area contributed by atoms with E-state index in [-0.39, 0.29) is 0 Å². The Kier molecular flexibility index (Phi) is 1.78. The lowest BCUT2D eigenvalue weighted by molar-refractivity contribution is 1.26. The van der Waals surface area contributed by atoms with Gasteiger partial charge >= 0.3 is 0 Å². The largest absolute Gasteiger partial charge is 0.359 e. The molecule has 0 fully saturated rings. The first kappa shape index (κ1) is 9.66. The summed E-state index contributed by atoms with van der Waals surface area (Å²) >= 11 is 0. The van der Waals surface area contributed by atoms with E-state index in [1.807, 2.05) is 6.07 Å². The maximum absolute atomic E-state index is 4.67. The predicted molar refractivity (Wildman–Crippen MR) is 75.8 cm³/mol. The van der Waals surface area contributed by atoms with E-state index >= 15 is 0 Å². The second-order valence-corrected chi connectivity index (χ2v) is 4.69. The highest BCUT2D eigenvalue weighted by molar-refractivity contribution is 6.19. The number of para-hydroxylation sites is 1. The minimum absolute atomic E-state index is 1.07. The van der Waals surface area contributed by atoms with Gasteiger partial charge in [-0.3, -0.25) is 0 Å². The summed E-state index contributed by atoms with van der Waals surface area (Å²) in [5, 5.41) is 3.72. The van der Waals surface area contributed by atoms with Gasteiger partial charge in [-0.2, -0.15) is 0 Å². The van der Waals surface area contributed by atoms with Crippen LogP contribution in [0.1, 0.15) is 5.69 Å². The molecule has 0 aliphatic carbocycles. The van der Waals surface area contributed by atoms with Gasteiger partial charge in [-0.05, 0) is 31.2 Å². The van der Waals surface area contributed by atoms with Crippen molar-refractivity contribution in [1.29, 1.82) is 0 Å². The van der Waals surface area contributed by atoms with Crippen LogP contribution in [0.25, 0.3) is 32.7 Å². The Hall–Kier alpha value is -2.35. The van der Waals surface area contributed by atoms with E-state index in [2.05, 4.69) is 59.4 Å². The Labute approximate surface area is 104 Å². The number of aromatic nitrogens is 2. The number of H-pyrrole nitrogens is 1. The van der Waals surface area contributed by atoms with E-state index in [0.29, 0.717) is 0 Å². The summed E-state index contributed by atoms with van der Waals surface area (Å²) in [6.07, 6.45) is 0. The summed E-state index contributed by atoms with van der Waals surface area (Å²) in [7, 11) is 0. The molecule has 0 atom stereocenters. The summed E-state index contributed by atoms with van der Waals surface area (Å²) < 4.78 is 0. The van der Waals surface area contributed by atoms with Gasteiger partial charge in [0, 0.05) is 27.4 Å². The van der Waals surface area contributed by atoms with Crippen LogP contribution in [0.5, 0.6) is 0 Å². The lowest BCUT2D eigenvalue weighted by Gasteiger charge is -2.02. The fourth-order valence-corrected chi connectivity index (χ4v) is 2.64. The number of fused-ring (bicyclic) bond motifs is 5. The van der Waals surface area contributed by atoms with Crippen LogP contribution < -0.4 is 0 Å². The molecule has 0 aliphatic rings. The smallest absolute Gasteiger partial charge is 0.0723 e. The standard InChI is InChI=1S/C16H12N2/c1-10-6-7-12-14(17-10)8-9-15-16(12)11-4-2-3-5-13(11)18-15/h2-9,17H,1H3. The minimum Gasteiger partial charge on any atom is -0.359 e. The van der Waals surface area contributed by atoms with Crippen LogP contribution in [-0.2, 0) is 0 Å². The van der Waals surface area contributed by atoms with Crippen molar-refractivity contribution in [1.82, 2.24) is 9.97 Å². The van der Waals surface area contributed by atoms with Crippen LogP contribution in [0.2, 0.25) is 0 Å². The van der Waals surface area contributed by atoms with Crippen LogP contribution in [0, 0.1) is 6.92 Å². The van der Waals surface area contributed by atoms with E-state index in [1.54, 1.807) is 0 Å². The summed E-state index contributed by atoms with van der Waals surface area (Å²) in [4.78, 5) is 8.08. The lowest BCUT2D eigenvalue weighted by atomic mass is 10.1. The van der Waals surface area contributed by atoms with Gasteiger partial charge in [0.2, 0.25) is 0 Å². The number of pyridine rings is 1. The van der Waals surface area contributed by atoms with E-state index < -0.39 is 0 Å². The zero-order chi connectivity index (χ0) is 12.1. The molecule has 4 rings (SSSR count).